The molecule has 7 nitrogen and oxygen atoms in total. The number of aliphatic carboxylic acids is 2. The number of likely N-dealkylation sites (tertiary alicyclic amines) is 1. The van der Waals surface area contributed by atoms with Crippen LogP contribution in [0.5, 0.6) is 11.5 Å². The second kappa shape index (κ2) is 11.6. The second-order valence-corrected chi connectivity index (χ2v) is 10.8. The molecule has 3 aliphatic rings. The molecule has 212 valence electrons. The van der Waals surface area contributed by atoms with Crippen molar-refractivity contribution in [3.8, 4) is 11.5 Å². The molecule has 5 rings (SSSR count). The molecular formula is C28H31ClF3NO6. The number of carboxylic acid groups (broad SMARTS) is 2. The van der Waals surface area contributed by atoms with Gasteiger partial charge in [0.25, 0.3) is 0 Å². The van der Waals surface area contributed by atoms with E-state index in [-0.39, 0.29) is 11.3 Å². The topological polar surface area (TPSA) is 96.3 Å². The predicted molar refractivity (Wildman–Crippen MR) is 138 cm³/mol. The first-order valence-electron chi connectivity index (χ1n) is 12.8. The summed E-state index contributed by atoms with van der Waals surface area (Å²) in [4.78, 5) is 22.3. The molecule has 1 saturated heterocycles. The van der Waals surface area contributed by atoms with Crippen LogP contribution in [0.4, 0.5) is 13.2 Å². The molecule has 0 amide bonds. The monoisotopic (exact) mass is 569 g/mol. The summed E-state index contributed by atoms with van der Waals surface area (Å²) in [5.41, 5.74) is 3.70. The molecule has 1 aliphatic carbocycles. The summed E-state index contributed by atoms with van der Waals surface area (Å²) in [5, 5.41) is 17.1. The van der Waals surface area contributed by atoms with Crippen LogP contribution < -0.4 is 9.47 Å². The van der Waals surface area contributed by atoms with Crippen molar-refractivity contribution >= 4 is 23.5 Å². The number of nitrogens with zero attached hydrogens (tertiary/aromatic N) is 1. The van der Waals surface area contributed by atoms with E-state index >= 15 is 0 Å². The van der Waals surface area contributed by atoms with Gasteiger partial charge in [-0.2, -0.15) is 13.2 Å². The Hall–Kier alpha value is -2.98. The minimum atomic E-state index is -5.08. The summed E-state index contributed by atoms with van der Waals surface area (Å²) in [6.45, 7) is 5.33. The number of carboxylic acids is 2. The lowest BCUT2D eigenvalue weighted by molar-refractivity contribution is -0.192. The Morgan fingerprint density at radius 2 is 1.85 bits per heavy atom. The van der Waals surface area contributed by atoms with Gasteiger partial charge in [-0.3, -0.25) is 4.79 Å². The fourth-order valence-corrected chi connectivity index (χ4v) is 5.38. The first-order valence-corrected chi connectivity index (χ1v) is 13.2. The molecule has 11 heteroatoms. The number of fused-ring (bicyclic) bond motifs is 2. The minimum Gasteiger partial charge on any atom is -0.492 e. The first kappa shape index (κ1) is 29.0. The van der Waals surface area contributed by atoms with Crippen LogP contribution in [0, 0.1) is 5.92 Å². The zero-order chi connectivity index (χ0) is 28.4. The Labute approximate surface area is 229 Å². The molecule has 2 N–H and O–H groups in total. The molecule has 39 heavy (non-hydrogen) atoms. The summed E-state index contributed by atoms with van der Waals surface area (Å²) in [6, 6.07) is 12.3. The van der Waals surface area contributed by atoms with Crippen molar-refractivity contribution in [3.63, 3.8) is 0 Å². The summed E-state index contributed by atoms with van der Waals surface area (Å²) < 4.78 is 44.0. The SMILES string of the molecule is CC(CN1CCC2(CC1)COc1cc(OCc3c(Cl)cccc3C3CC3)ccc12)C(=O)O.O=C(O)C(F)(F)F. The van der Waals surface area contributed by atoms with Crippen LogP contribution in [0.2, 0.25) is 5.02 Å². The number of benzene rings is 2. The third-order valence-electron chi connectivity index (χ3n) is 7.59. The van der Waals surface area contributed by atoms with Crippen LogP contribution >= 0.6 is 11.6 Å². The van der Waals surface area contributed by atoms with Gasteiger partial charge in [0.2, 0.25) is 0 Å². The van der Waals surface area contributed by atoms with Crippen molar-refractivity contribution in [2.24, 2.45) is 5.92 Å². The van der Waals surface area contributed by atoms with Gasteiger partial charge in [0, 0.05) is 34.2 Å². The van der Waals surface area contributed by atoms with Crippen molar-refractivity contribution in [2.75, 3.05) is 26.2 Å². The molecule has 2 aromatic rings. The maximum absolute atomic E-state index is 11.2. The number of hydrogen-bond donors (Lipinski definition) is 2. The molecule has 2 heterocycles. The van der Waals surface area contributed by atoms with E-state index < -0.39 is 18.1 Å². The Balaban J connectivity index is 0.000000448. The molecule has 0 aromatic heterocycles. The largest absolute Gasteiger partial charge is 0.492 e. The summed E-state index contributed by atoms with van der Waals surface area (Å²) >= 11 is 6.48. The lowest BCUT2D eigenvalue weighted by Gasteiger charge is -2.39. The van der Waals surface area contributed by atoms with Crippen molar-refractivity contribution in [1.29, 1.82) is 0 Å². The lowest BCUT2D eigenvalue weighted by atomic mass is 9.74. The van der Waals surface area contributed by atoms with Crippen molar-refractivity contribution in [3.05, 3.63) is 58.1 Å². The number of rotatable bonds is 7. The molecule has 1 unspecified atom stereocenters. The Bertz CT molecular complexity index is 1210. The molecule has 1 spiro atoms. The van der Waals surface area contributed by atoms with Gasteiger partial charge in [-0.15, -0.1) is 0 Å². The Kier molecular flexibility index (Phi) is 8.66. The van der Waals surface area contributed by atoms with E-state index in [9.17, 15) is 23.1 Å². The summed E-state index contributed by atoms with van der Waals surface area (Å²) in [7, 11) is 0. The Morgan fingerprint density at radius 1 is 1.18 bits per heavy atom. The maximum Gasteiger partial charge on any atom is 0.490 e. The van der Waals surface area contributed by atoms with E-state index in [1.807, 2.05) is 24.3 Å². The highest BCUT2D eigenvalue weighted by atomic mass is 35.5. The third kappa shape index (κ3) is 6.97. The molecule has 1 saturated carbocycles. The predicted octanol–water partition coefficient (Wildman–Crippen LogP) is 5.88. The van der Waals surface area contributed by atoms with Crippen LogP contribution in [0.25, 0.3) is 0 Å². The standard InChI is InChI=1S/C26H30ClNO4.C2HF3O2/c1-17(25(29)30)14-28-11-9-26(10-12-28)16-32-24-13-19(7-8-22(24)26)31-15-21-20(18-5-6-18)3-2-4-23(21)27;3-2(4,5)1(6)7/h2-4,7-8,13,17-18H,5-6,9-12,14-16H2,1H3,(H,29,30);(H,6,7). The van der Waals surface area contributed by atoms with Gasteiger partial charge in [0.05, 0.1) is 12.5 Å². The summed E-state index contributed by atoms with van der Waals surface area (Å²) in [5.74, 6) is -1.48. The summed E-state index contributed by atoms with van der Waals surface area (Å²) in [6.07, 6.45) is -0.655. The number of hydrogen-bond acceptors (Lipinski definition) is 5. The van der Waals surface area contributed by atoms with Gasteiger partial charge >= 0.3 is 18.1 Å². The molecule has 0 bridgehead atoms. The van der Waals surface area contributed by atoms with Crippen molar-refractivity contribution in [2.45, 2.75) is 56.7 Å². The minimum absolute atomic E-state index is 0.0265. The van der Waals surface area contributed by atoms with E-state index in [2.05, 4.69) is 17.0 Å². The molecule has 2 aromatic carbocycles. The van der Waals surface area contributed by atoms with Crippen LogP contribution in [-0.4, -0.2) is 59.5 Å². The van der Waals surface area contributed by atoms with Crippen molar-refractivity contribution in [1.82, 2.24) is 4.90 Å². The zero-order valence-electron chi connectivity index (χ0n) is 21.5. The van der Waals surface area contributed by atoms with Crippen LogP contribution in [0.15, 0.2) is 36.4 Å². The van der Waals surface area contributed by atoms with Crippen LogP contribution in [0.1, 0.15) is 55.2 Å². The fraction of sp³-hybridized carbons (Fsp3) is 0.500. The van der Waals surface area contributed by atoms with Gasteiger partial charge in [-0.25, -0.2) is 4.79 Å². The smallest absolute Gasteiger partial charge is 0.490 e. The molecule has 2 fully saturated rings. The average Bonchev–Trinajstić information content (AvgIpc) is 3.67. The number of alkyl halides is 3. The van der Waals surface area contributed by atoms with E-state index in [1.165, 1.54) is 24.0 Å². The van der Waals surface area contributed by atoms with Crippen LogP contribution in [0.3, 0.4) is 0 Å². The highest BCUT2D eigenvalue weighted by molar-refractivity contribution is 6.31. The second-order valence-electron chi connectivity index (χ2n) is 10.4. The van der Waals surface area contributed by atoms with Gasteiger partial charge in [-0.1, -0.05) is 36.7 Å². The van der Waals surface area contributed by atoms with Gasteiger partial charge < -0.3 is 24.6 Å². The van der Waals surface area contributed by atoms with E-state index in [0.29, 0.717) is 25.7 Å². The lowest BCUT2D eigenvalue weighted by Crippen LogP contribution is -2.45. The quantitative estimate of drug-likeness (QED) is 0.430. The van der Waals surface area contributed by atoms with E-state index in [4.69, 9.17) is 31.0 Å². The van der Waals surface area contributed by atoms with Gasteiger partial charge in [0.1, 0.15) is 18.1 Å². The highest BCUT2D eigenvalue weighted by Crippen LogP contribution is 2.47. The number of halogens is 4. The Morgan fingerprint density at radius 3 is 2.44 bits per heavy atom. The van der Waals surface area contributed by atoms with Crippen molar-refractivity contribution < 1.29 is 42.4 Å². The highest BCUT2D eigenvalue weighted by Gasteiger charge is 2.43. The molecular weight excluding hydrogens is 539 g/mol. The average molecular weight is 570 g/mol. The third-order valence-corrected chi connectivity index (χ3v) is 7.95. The molecule has 2 aliphatic heterocycles. The van der Waals surface area contributed by atoms with Gasteiger partial charge in [0.15, 0.2) is 0 Å². The first-order chi connectivity index (χ1) is 18.4. The molecule has 0 radical (unpaired) electrons. The normalized spacial score (nSPS) is 18.9. The van der Waals surface area contributed by atoms with E-state index in [1.54, 1.807) is 6.92 Å². The fourth-order valence-electron chi connectivity index (χ4n) is 5.15. The van der Waals surface area contributed by atoms with E-state index in [0.717, 1.165) is 48.0 Å². The zero-order valence-corrected chi connectivity index (χ0v) is 22.2. The maximum atomic E-state index is 11.2. The van der Waals surface area contributed by atoms with Gasteiger partial charge in [-0.05, 0) is 62.4 Å². The molecule has 1 atom stereocenters. The van der Waals surface area contributed by atoms with Crippen LogP contribution in [-0.2, 0) is 21.6 Å². The number of piperidine rings is 1. The number of ether oxygens (including phenoxy) is 2. The number of carbonyl (C=O) groups is 2.